The number of nitrogens with one attached hydrogen (secondary N) is 1. The average Bonchev–Trinajstić information content (AvgIpc) is 3.13. The Morgan fingerprint density at radius 2 is 2.24 bits per heavy atom. The molecule has 5 atom stereocenters. The molecule has 160 valence electrons. The summed E-state index contributed by atoms with van der Waals surface area (Å²) >= 11 is 0. The molecule has 2 aromatic rings. The SMILES string of the molecule is Cc1cn([C@H]2C[C@@H](O)[C@@H](COP(=O)(O)OP(=O)([O-])OP=O)O2)c2nc[nH]c(=O)c12. The quantitative estimate of drug-likeness (QED) is 0.452. The van der Waals surface area contributed by atoms with Crippen molar-refractivity contribution in [3.63, 3.8) is 0 Å². The zero-order chi connectivity index (χ0) is 21.4. The number of aromatic amines is 1. The van der Waals surface area contributed by atoms with Crippen LogP contribution in [0.1, 0.15) is 18.2 Å². The fourth-order valence-electron chi connectivity index (χ4n) is 2.90. The number of fused-ring (bicyclic) bond motifs is 1. The Morgan fingerprint density at radius 3 is 2.93 bits per heavy atom. The number of aliphatic hydroxyl groups excluding tert-OH is 1. The van der Waals surface area contributed by atoms with Crippen LogP contribution >= 0.6 is 24.3 Å². The van der Waals surface area contributed by atoms with Crippen molar-refractivity contribution >= 4 is 35.4 Å². The van der Waals surface area contributed by atoms with Gasteiger partial charge in [0.15, 0.2) is 0 Å². The molecule has 14 nitrogen and oxygen atoms in total. The van der Waals surface area contributed by atoms with Crippen LogP contribution in [0.4, 0.5) is 0 Å². The van der Waals surface area contributed by atoms with Gasteiger partial charge in [0, 0.05) is 12.6 Å². The number of ether oxygens (including phenoxy) is 1. The summed E-state index contributed by atoms with van der Waals surface area (Å²) in [7, 11) is -11.8. The van der Waals surface area contributed by atoms with Crippen LogP contribution in [-0.2, 0) is 31.6 Å². The summed E-state index contributed by atoms with van der Waals surface area (Å²) in [5.74, 6) is 0. The van der Waals surface area contributed by atoms with Crippen LogP contribution in [0.3, 0.4) is 0 Å². The molecule has 17 heteroatoms. The molecule has 3 heterocycles. The Balaban J connectivity index is 1.70. The summed E-state index contributed by atoms with van der Waals surface area (Å²) in [4.78, 5) is 39.1. The Labute approximate surface area is 163 Å². The standard InChI is InChI=1S/C12H16N3O11P3/c1-6-3-15(11-10(6)12(17)14-5-13-11)9-2-7(16)8(24-9)4-23-28(19,20)26-29(21,22)25-27-18/h3,5,7-9,16H,2,4H2,1H3,(H,19,20)(H,21,22)(H,13,14,17)/p-1/t7-,8-,9-/m1/s1. The van der Waals surface area contributed by atoms with Crippen LogP contribution < -0.4 is 10.5 Å². The van der Waals surface area contributed by atoms with Gasteiger partial charge in [-0.05, 0) is 12.5 Å². The maximum absolute atomic E-state index is 12.0. The minimum absolute atomic E-state index is 0.0422. The summed E-state index contributed by atoms with van der Waals surface area (Å²) in [6, 6.07) is 0. The smallest absolute Gasteiger partial charge is 0.478 e. The van der Waals surface area contributed by atoms with Crippen LogP contribution in [-0.4, -0.2) is 43.3 Å². The fraction of sp³-hybridized carbons (Fsp3) is 0.500. The van der Waals surface area contributed by atoms with Crippen LogP contribution in [0.2, 0.25) is 0 Å². The molecule has 0 aromatic carbocycles. The highest BCUT2D eigenvalue weighted by Crippen LogP contribution is 2.59. The van der Waals surface area contributed by atoms with E-state index in [4.69, 9.17) is 4.74 Å². The van der Waals surface area contributed by atoms with E-state index < -0.39 is 49.4 Å². The van der Waals surface area contributed by atoms with Gasteiger partial charge in [0.05, 0.1) is 24.4 Å². The molecule has 2 aromatic heterocycles. The lowest BCUT2D eigenvalue weighted by atomic mass is 10.2. The van der Waals surface area contributed by atoms with Crippen LogP contribution in [0.25, 0.3) is 11.0 Å². The Hall–Kier alpha value is -1.30. The van der Waals surface area contributed by atoms with E-state index >= 15 is 0 Å². The number of aryl methyl sites for hydroxylation is 1. The van der Waals surface area contributed by atoms with E-state index in [0.717, 1.165) is 0 Å². The lowest BCUT2D eigenvalue weighted by Crippen LogP contribution is -2.26. The van der Waals surface area contributed by atoms with Gasteiger partial charge in [0.25, 0.3) is 13.4 Å². The van der Waals surface area contributed by atoms with Crippen molar-refractivity contribution in [1.29, 1.82) is 0 Å². The average molecular weight is 470 g/mol. The summed E-state index contributed by atoms with van der Waals surface area (Å²) < 4.78 is 52.1. The molecule has 1 aliphatic rings. The Kier molecular flexibility index (Phi) is 6.52. The van der Waals surface area contributed by atoms with Crippen LogP contribution in [0.15, 0.2) is 17.3 Å². The molecular formula is C12H15N3O11P3-. The third-order valence-electron chi connectivity index (χ3n) is 4.06. The van der Waals surface area contributed by atoms with E-state index in [1.807, 2.05) is 0 Å². The highest BCUT2D eigenvalue weighted by Gasteiger charge is 2.39. The Morgan fingerprint density at radius 1 is 1.52 bits per heavy atom. The maximum Gasteiger partial charge on any atom is 0.478 e. The van der Waals surface area contributed by atoms with Gasteiger partial charge >= 0.3 is 16.5 Å². The number of hydrogen-bond acceptors (Lipinski definition) is 11. The number of phosphoric acid groups is 2. The molecule has 0 amide bonds. The highest BCUT2D eigenvalue weighted by molar-refractivity contribution is 7.62. The predicted octanol–water partition coefficient (Wildman–Crippen LogP) is 0.507. The third-order valence-corrected chi connectivity index (χ3v) is 7.23. The zero-order valence-corrected chi connectivity index (χ0v) is 17.3. The topological polar surface area (TPSA) is 202 Å². The number of rotatable bonds is 8. The van der Waals surface area contributed by atoms with Gasteiger partial charge in [0.1, 0.15) is 18.0 Å². The molecule has 3 rings (SSSR count). The summed E-state index contributed by atoms with van der Waals surface area (Å²) in [6.07, 6.45) is -0.155. The molecule has 0 bridgehead atoms. The molecule has 0 spiro atoms. The van der Waals surface area contributed by atoms with E-state index in [9.17, 15) is 33.4 Å². The van der Waals surface area contributed by atoms with Crippen molar-refractivity contribution < 1.29 is 46.5 Å². The number of aliphatic hydroxyl groups is 1. The van der Waals surface area contributed by atoms with E-state index in [0.29, 0.717) is 16.6 Å². The first-order valence-electron chi connectivity index (χ1n) is 7.92. The van der Waals surface area contributed by atoms with Crippen LogP contribution in [0, 0.1) is 6.92 Å². The minimum atomic E-state index is -5.34. The summed E-state index contributed by atoms with van der Waals surface area (Å²) in [6.45, 7) is 0.998. The van der Waals surface area contributed by atoms with E-state index in [2.05, 4.69) is 23.1 Å². The van der Waals surface area contributed by atoms with Gasteiger partial charge < -0.3 is 29.2 Å². The number of hydrogen-bond donors (Lipinski definition) is 3. The maximum atomic E-state index is 12.0. The fourth-order valence-corrected chi connectivity index (χ4v) is 5.15. The van der Waals surface area contributed by atoms with Gasteiger partial charge in [-0.3, -0.25) is 13.9 Å². The second-order valence-corrected chi connectivity index (χ2v) is 9.58. The second-order valence-electron chi connectivity index (χ2n) is 6.03. The minimum Gasteiger partial charge on any atom is -0.755 e. The molecular weight excluding hydrogens is 455 g/mol. The van der Waals surface area contributed by atoms with Gasteiger partial charge in [-0.1, -0.05) is 0 Å². The first-order valence-corrected chi connectivity index (χ1v) is 11.6. The number of aromatic nitrogens is 3. The lowest BCUT2D eigenvalue weighted by molar-refractivity contribution is -0.209. The molecule has 0 saturated carbocycles. The van der Waals surface area contributed by atoms with Crippen molar-refractivity contribution in [2.45, 2.75) is 31.8 Å². The van der Waals surface area contributed by atoms with Crippen molar-refractivity contribution in [3.8, 4) is 0 Å². The van der Waals surface area contributed by atoms with Crippen molar-refractivity contribution in [2.75, 3.05) is 6.61 Å². The van der Waals surface area contributed by atoms with Crippen molar-refractivity contribution in [2.24, 2.45) is 0 Å². The first-order chi connectivity index (χ1) is 13.5. The molecule has 0 radical (unpaired) electrons. The number of phosphoric ester groups is 1. The second kappa shape index (κ2) is 8.44. The molecule has 1 saturated heterocycles. The van der Waals surface area contributed by atoms with Crippen molar-refractivity contribution in [3.05, 3.63) is 28.4 Å². The molecule has 2 unspecified atom stereocenters. The monoisotopic (exact) mass is 470 g/mol. The molecule has 1 fully saturated rings. The normalized spacial score (nSPS) is 26.6. The van der Waals surface area contributed by atoms with Gasteiger partial charge in [-0.25, -0.2) is 22.7 Å². The third kappa shape index (κ3) is 5.07. The van der Waals surface area contributed by atoms with E-state index in [1.165, 1.54) is 10.9 Å². The van der Waals surface area contributed by atoms with Crippen molar-refractivity contribution in [1.82, 2.24) is 14.5 Å². The first kappa shape index (κ1) is 22.4. The van der Waals surface area contributed by atoms with E-state index in [1.54, 1.807) is 13.1 Å². The Bertz CT molecular complexity index is 1070. The van der Waals surface area contributed by atoms with Gasteiger partial charge in [-0.15, -0.1) is 0 Å². The van der Waals surface area contributed by atoms with Gasteiger partial charge in [0.2, 0.25) is 0 Å². The lowest BCUT2D eigenvalue weighted by Gasteiger charge is -2.22. The number of H-pyrrole nitrogens is 1. The zero-order valence-electron chi connectivity index (χ0n) is 14.6. The molecule has 0 aliphatic carbocycles. The summed E-state index contributed by atoms with van der Waals surface area (Å²) in [5.41, 5.74) is 0.608. The number of nitrogens with zero attached hydrogens (tertiary/aromatic N) is 2. The molecule has 3 N–H and O–H groups in total. The largest absolute Gasteiger partial charge is 0.755 e. The summed E-state index contributed by atoms with van der Waals surface area (Å²) in [5, 5.41) is 10.5. The predicted molar refractivity (Wildman–Crippen MR) is 92.8 cm³/mol. The molecule has 29 heavy (non-hydrogen) atoms. The van der Waals surface area contributed by atoms with E-state index in [-0.39, 0.29) is 12.0 Å². The highest BCUT2D eigenvalue weighted by atomic mass is 31.3. The van der Waals surface area contributed by atoms with Gasteiger partial charge in [-0.2, -0.15) is 0 Å². The van der Waals surface area contributed by atoms with Crippen LogP contribution in [0.5, 0.6) is 0 Å². The molecule has 1 aliphatic heterocycles.